The SMILES string of the molecule is CNC(=O)NCC1CN(Cc2ccc(F)cc2)C(C)CN1C(=O)COc1ccc(Cl)cc1. The average Bonchev–Trinajstić information content (AvgIpc) is 2.79. The molecular weight excluding hydrogens is 435 g/mol. The average molecular weight is 463 g/mol. The van der Waals surface area contributed by atoms with Gasteiger partial charge in [-0.2, -0.15) is 0 Å². The topological polar surface area (TPSA) is 73.9 Å². The highest BCUT2D eigenvalue weighted by molar-refractivity contribution is 6.30. The minimum atomic E-state index is -0.307. The lowest BCUT2D eigenvalue weighted by atomic mass is 10.1. The van der Waals surface area contributed by atoms with Crippen LogP contribution in [0.1, 0.15) is 12.5 Å². The molecule has 1 aliphatic rings. The maximum atomic E-state index is 13.2. The number of benzene rings is 2. The maximum absolute atomic E-state index is 13.2. The number of amides is 3. The fraction of sp³-hybridized carbons (Fsp3) is 0.391. The minimum absolute atomic E-state index is 0.0794. The Kier molecular flexibility index (Phi) is 8.30. The molecule has 2 aromatic rings. The molecule has 172 valence electrons. The summed E-state index contributed by atoms with van der Waals surface area (Å²) >= 11 is 5.89. The van der Waals surface area contributed by atoms with Crippen LogP contribution in [0.2, 0.25) is 5.02 Å². The van der Waals surface area contributed by atoms with Gasteiger partial charge >= 0.3 is 6.03 Å². The first-order valence-electron chi connectivity index (χ1n) is 10.5. The lowest BCUT2D eigenvalue weighted by Gasteiger charge is -2.45. The van der Waals surface area contributed by atoms with Crippen molar-refractivity contribution in [3.8, 4) is 5.75 Å². The van der Waals surface area contributed by atoms with Gasteiger partial charge < -0.3 is 20.3 Å². The summed E-state index contributed by atoms with van der Waals surface area (Å²) in [4.78, 5) is 28.7. The highest BCUT2D eigenvalue weighted by Gasteiger charge is 2.34. The molecule has 7 nitrogen and oxygen atoms in total. The van der Waals surface area contributed by atoms with Crippen LogP contribution in [-0.4, -0.2) is 67.1 Å². The van der Waals surface area contributed by atoms with Crippen molar-refractivity contribution in [2.45, 2.75) is 25.6 Å². The Labute approximate surface area is 192 Å². The second-order valence-corrected chi connectivity index (χ2v) is 8.24. The van der Waals surface area contributed by atoms with Gasteiger partial charge in [-0.05, 0) is 48.9 Å². The van der Waals surface area contributed by atoms with Crippen LogP contribution in [0.25, 0.3) is 0 Å². The van der Waals surface area contributed by atoms with E-state index in [0.29, 0.717) is 37.0 Å². The third-order valence-electron chi connectivity index (χ3n) is 5.49. The monoisotopic (exact) mass is 462 g/mol. The molecule has 1 saturated heterocycles. The number of piperazine rings is 1. The predicted octanol–water partition coefficient (Wildman–Crippen LogP) is 2.89. The van der Waals surface area contributed by atoms with Crippen molar-refractivity contribution >= 4 is 23.5 Å². The normalized spacial score (nSPS) is 18.8. The van der Waals surface area contributed by atoms with E-state index < -0.39 is 0 Å². The van der Waals surface area contributed by atoms with E-state index in [9.17, 15) is 14.0 Å². The van der Waals surface area contributed by atoms with Crippen LogP contribution in [0, 0.1) is 5.82 Å². The van der Waals surface area contributed by atoms with Gasteiger partial charge in [0.2, 0.25) is 0 Å². The lowest BCUT2D eigenvalue weighted by Crippen LogP contribution is -2.62. The molecule has 9 heteroatoms. The number of carbonyl (C=O) groups is 2. The standard InChI is InChI=1S/C23H28ClFN4O3/c1-16-12-29(22(30)15-32-21-9-5-18(24)6-10-21)20(11-27-23(31)26-2)14-28(16)13-17-3-7-19(25)8-4-17/h3-10,16,20H,11-15H2,1-2H3,(H2,26,27,31). The van der Waals surface area contributed by atoms with Gasteiger partial charge in [0.15, 0.2) is 6.61 Å². The molecule has 0 radical (unpaired) electrons. The van der Waals surface area contributed by atoms with Gasteiger partial charge in [0.25, 0.3) is 5.91 Å². The predicted molar refractivity (Wildman–Crippen MR) is 121 cm³/mol. The fourth-order valence-corrected chi connectivity index (χ4v) is 3.81. The Morgan fingerprint density at radius 3 is 2.47 bits per heavy atom. The minimum Gasteiger partial charge on any atom is -0.484 e. The van der Waals surface area contributed by atoms with Crippen LogP contribution in [0.15, 0.2) is 48.5 Å². The number of ether oxygens (including phenoxy) is 1. The zero-order valence-corrected chi connectivity index (χ0v) is 18.9. The van der Waals surface area contributed by atoms with Crippen molar-refractivity contribution < 1.29 is 18.7 Å². The zero-order valence-electron chi connectivity index (χ0n) is 18.2. The van der Waals surface area contributed by atoms with Crippen molar-refractivity contribution in [3.63, 3.8) is 0 Å². The van der Waals surface area contributed by atoms with E-state index in [1.54, 1.807) is 48.3 Å². The van der Waals surface area contributed by atoms with Gasteiger partial charge in [-0.3, -0.25) is 9.69 Å². The van der Waals surface area contributed by atoms with Gasteiger partial charge in [0.1, 0.15) is 11.6 Å². The van der Waals surface area contributed by atoms with Gasteiger partial charge in [0.05, 0.1) is 6.04 Å². The molecule has 1 heterocycles. The summed E-state index contributed by atoms with van der Waals surface area (Å²) in [6, 6.07) is 12.8. The number of carbonyl (C=O) groups excluding carboxylic acids is 2. The van der Waals surface area contributed by atoms with Crippen LogP contribution < -0.4 is 15.4 Å². The molecule has 0 aliphatic carbocycles. The smallest absolute Gasteiger partial charge is 0.314 e. The summed E-state index contributed by atoms with van der Waals surface area (Å²) < 4.78 is 18.9. The highest BCUT2D eigenvalue weighted by Crippen LogP contribution is 2.20. The number of nitrogens with zero attached hydrogens (tertiary/aromatic N) is 2. The number of rotatable bonds is 7. The number of urea groups is 1. The summed E-state index contributed by atoms with van der Waals surface area (Å²) in [5.41, 5.74) is 0.988. The zero-order chi connectivity index (χ0) is 23.1. The Morgan fingerprint density at radius 2 is 1.81 bits per heavy atom. The van der Waals surface area contributed by atoms with Gasteiger partial charge in [0, 0.05) is 44.3 Å². The first-order chi connectivity index (χ1) is 15.4. The molecular formula is C23H28ClFN4O3. The number of hydrogen-bond acceptors (Lipinski definition) is 4. The third kappa shape index (κ3) is 6.58. The summed E-state index contributed by atoms with van der Waals surface area (Å²) in [6.07, 6.45) is 0. The van der Waals surface area contributed by atoms with Gasteiger partial charge in [-0.15, -0.1) is 0 Å². The van der Waals surface area contributed by atoms with Crippen LogP contribution in [0.5, 0.6) is 5.75 Å². The molecule has 1 fully saturated rings. The third-order valence-corrected chi connectivity index (χ3v) is 5.74. The Bertz CT molecular complexity index is 910. The van der Waals surface area contributed by atoms with E-state index in [4.69, 9.17) is 16.3 Å². The van der Waals surface area contributed by atoms with Crippen LogP contribution >= 0.6 is 11.6 Å². The quantitative estimate of drug-likeness (QED) is 0.663. The lowest BCUT2D eigenvalue weighted by molar-refractivity contribution is -0.140. The molecule has 2 aromatic carbocycles. The highest BCUT2D eigenvalue weighted by atomic mass is 35.5. The van der Waals surface area contributed by atoms with Gasteiger partial charge in [-0.25, -0.2) is 9.18 Å². The summed E-state index contributed by atoms with van der Waals surface area (Å²) in [6.45, 7) is 3.93. The van der Waals surface area contributed by atoms with E-state index >= 15 is 0 Å². The van der Waals surface area contributed by atoms with E-state index in [1.807, 2.05) is 6.92 Å². The molecule has 2 N–H and O–H groups in total. The Balaban J connectivity index is 1.67. The van der Waals surface area contributed by atoms with Crippen molar-refractivity contribution in [1.82, 2.24) is 20.4 Å². The van der Waals surface area contributed by atoms with E-state index in [2.05, 4.69) is 15.5 Å². The van der Waals surface area contributed by atoms with E-state index in [1.165, 1.54) is 12.1 Å². The Morgan fingerprint density at radius 1 is 1.12 bits per heavy atom. The molecule has 1 aliphatic heterocycles. The second-order valence-electron chi connectivity index (χ2n) is 7.81. The molecule has 3 rings (SSSR count). The second kappa shape index (κ2) is 11.2. The molecule has 0 spiro atoms. The Hall–Kier alpha value is -2.84. The first kappa shape index (κ1) is 23.8. The number of nitrogens with one attached hydrogen (secondary N) is 2. The molecule has 32 heavy (non-hydrogen) atoms. The maximum Gasteiger partial charge on any atom is 0.314 e. The molecule has 0 saturated carbocycles. The summed E-state index contributed by atoms with van der Waals surface area (Å²) in [5, 5.41) is 5.92. The van der Waals surface area contributed by atoms with Crippen molar-refractivity contribution in [2.75, 3.05) is 33.3 Å². The molecule has 0 bridgehead atoms. The van der Waals surface area contributed by atoms with Crippen molar-refractivity contribution in [3.05, 3.63) is 64.9 Å². The van der Waals surface area contributed by atoms with Gasteiger partial charge in [-0.1, -0.05) is 23.7 Å². The summed E-state index contributed by atoms with van der Waals surface area (Å²) in [5.74, 6) is 0.133. The number of hydrogen-bond donors (Lipinski definition) is 2. The van der Waals surface area contributed by atoms with Crippen molar-refractivity contribution in [1.29, 1.82) is 0 Å². The molecule has 3 amide bonds. The number of halogens is 2. The molecule has 0 aromatic heterocycles. The van der Waals surface area contributed by atoms with Crippen molar-refractivity contribution in [2.24, 2.45) is 0 Å². The van der Waals surface area contributed by atoms with Crippen LogP contribution in [0.4, 0.5) is 9.18 Å². The first-order valence-corrected chi connectivity index (χ1v) is 10.9. The largest absolute Gasteiger partial charge is 0.484 e. The van der Waals surface area contributed by atoms with Crippen LogP contribution in [0.3, 0.4) is 0 Å². The fourth-order valence-electron chi connectivity index (χ4n) is 3.68. The van der Waals surface area contributed by atoms with E-state index in [0.717, 1.165) is 5.56 Å². The molecule has 2 unspecified atom stereocenters. The van der Waals surface area contributed by atoms with Crippen LogP contribution in [-0.2, 0) is 11.3 Å². The molecule has 2 atom stereocenters. The summed E-state index contributed by atoms with van der Waals surface area (Å²) in [7, 11) is 1.54. The van der Waals surface area contributed by atoms with E-state index in [-0.39, 0.29) is 36.4 Å².